The summed E-state index contributed by atoms with van der Waals surface area (Å²) in [5.74, 6) is -0.618. The molecular weight excluding hydrogens is 389 g/mol. The summed E-state index contributed by atoms with van der Waals surface area (Å²) in [5, 5.41) is 19.8. The third-order valence-corrected chi connectivity index (χ3v) is 5.87. The van der Waals surface area contributed by atoms with Crippen LogP contribution in [-0.4, -0.2) is 33.9 Å². The molecule has 1 rings (SSSR count). The number of hydrogen-bond acceptors (Lipinski definition) is 6. The van der Waals surface area contributed by atoms with Gasteiger partial charge in [-0.1, -0.05) is 26.3 Å². The number of nitrogens with zero attached hydrogens (tertiary/aromatic N) is 1. The molecule has 0 bridgehead atoms. The molecule has 108 valence electrons. The average molecular weight is 402 g/mol. The van der Waals surface area contributed by atoms with Crippen molar-refractivity contribution in [3.05, 3.63) is 31.5 Å². The lowest BCUT2D eigenvalue weighted by Gasteiger charge is -2.41. The molecule has 0 heterocycles. The fraction of sp³-hybridized carbons (Fsp3) is 0.600. The zero-order valence-corrected chi connectivity index (χ0v) is 13.2. The molecule has 0 radical (unpaired) electrons. The van der Waals surface area contributed by atoms with E-state index >= 15 is 0 Å². The van der Waals surface area contributed by atoms with Gasteiger partial charge in [-0.3, -0.25) is 10.1 Å². The summed E-state index contributed by atoms with van der Waals surface area (Å²) in [5.41, 5.74) is -2.45. The lowest BCUT2D eigenvalue weighted by molar-refractivity contribution is -0.420. The number of aliphatic hydroxyl groups is 1. The van der Waals surface area contributed by atoms with E-state index in [1.54, 1.807) is 36.4 Å². The molecule has 0 aliphatic heterocycles. The van der Waals surface area contributed by atoms with Crippen LogP contribution in [0.4, 0.5) is 0 Å². The van der Waals surface area contributed by atoms with Crippen LogP contribution in [0.3, 0.4) is 0 Å². The van der Waals surface area contributed by atoms with E-state index in [1.165, 1.54) is 0 Å². The molecule has 1 N–H and O–H groups in total. The molecule has 3 atom stereocenters. The molecule has 1 aliphatic carbocycles. The quantitative estimate of drug-likeness (QED) is 0.326. The van der Waals surface area contributed by atoms with Crippen molar-refractivity contribution in [2.24, 2.45) is 5.92 Å². The highest BCUT2D eigenvalue weighted by atomic mass is 127. The standard InChI is InChI=1S/C10H14INO6S/c1-3-6(2)10(13)8(19(16,17)18)5-4-7(9(10)11)12(14)15/h4-6,8,13H,3H2,1-2H3,(H,16,17,18)/p-1. The average Bonchev–Trinajstić information content (AvgIpc) is 2.29. The van der Waals surface area contributed by atoms with Crippen molar-refractivity contribution in [3.8, 4) is 0 Å². The Kier molecular flexibility index (Phi) is 4.75. The molecule has 3 unspecified atom stereocenters. The lowest BCUT2D eigenvalue weighted by atomic mass is 9.80. The predicted molar refractivity (Wildman–Crippen MR) is 75.1 cm³/mol. The first-order chi connectivity index (χ1) is 8.56. The highest BCUT2D eigenvalue weighted by Crippen LogP contribution is 2.43. The second-order valence-corrected chi connectivity index (χ2v) is 6.94. The van der Waals surface area contributed by atoms with Crippen molar-refractivity contribution < 1.29 is 23.0 Å². The van der Waals surface area contributed by atoms with Crippen LogP contribution in [0.2, 0.25) is 0 Å². The summed E-state index contributed by atoms with van der Waals surface area (Å²) in [7, 11) is -4.82. The molecule has 0 amide bonds. The van der Waals surface area contributed by atoms with Gasteiger partial charge in [0.1, 0.15) is 24.5 Å². The predicted octanol–water partition coefficient (Wildman–Crippen LogP) is 1.17. The summed E-state index contributed by atoms with van der Waals surface area (Å²) in [4.78, 5) is 10.2. The highest BCUT2D eigenvalue weighted by Gasteiger charge is 2.50. The summed E-state index contributed by atoms with van der Waals surface area (Å²) >= 11 is 1.54. The monoisotopic (exact) mass is 402 g/mol. The number of hydrogen-bond donors (Lipinski definition) is 1. The Balaban J connectivity index is 3.53. The molecule has 19 heavy (non-hydrogen) atoms. The Labute approximate surface area is 124 Å². The Bertz CT molecular complexity index is 554. The van der Waals surface area contributed by atoms with Crippen LogP contribution < -0.4 is 0 Å². The minimum absolute atomic E-state index is 0.128. The first-order valence-electron chi connectivity index (χ1n) is 5.46. The smallest absolute Gasteiger partial charge is 0.281 e. The number of halogens is 1. The summed E-state index contributed by atoms with van der Waals surface area (Å²) in [6.45, 7) is 3.25. The fourth-order valence-corrected chi connectivity index (χ4v) is 4.51. The van der Waals surface area contributed by atoms with Gasteiger partial charge in [-0.05, 0) is 28.5 Å². The summed E-state index contributed by atoms with van der Waals surface area (Å²) < 4.78 is 33.7. The van der Waals surface area contributed by atoms with E-state index < -0.39 is 31.8 Å². The first-order valence-corrected chi connectivity index (χ1v) is 8.01. The van der Waals surface area contributed by atoms with Gasteiger partial charge in [-0.2, -0.15) is 0 Å². The minimum Gasteiger partial charge on any atom is -0.747 e. The highest BCUT2D eigenvalue weighted by molar-refractivity contribution is 14.1. The second kappa shape index (κ2) is 5.46. The van der Waals surface area contributed by atoms with Crippen molar-refractivity contribution in [2.75, 3.05) is 0 Å². The SMILES string of the molecule is CCC(C)C1(O)C(I)=C([N+](=O)[O-])C=CC1S(=O)(=O)[O-]. The van der Waals surface area contributed by atoms with Gasteiger partial charge in [-0.25, -0.2) is 8.42 Å². The fourth-order valence-electron chi connectivity index (χ4n) is 1.99. The van der Waals surface area contributed by atoms with Crippen molar-refractivity contribution in [1.82, 2.24) is 0 Å². The Morgan fingerprint density at radius 2 is 2.16 bits per heavy atom. The van der Waals surface area contributed by atoms with E-state index in [1.807, 2.05) is 0 Å². The van der Waals surface area contributed by atoms with Crippen molar-refractivity contribution in [3.63, 3.8) is 0 Å². The number of rotatable bonds is 4. The number of allylic oxidation sites excluding steroid dienone is 1. The molecule has 0 aromatic carbocycles. The molecule has 9 heteroatoms. The van der Waals surface area contributed by atoms with E-state index in [0.29, 0.717) is 6.42 Å². The van der Waals surface area contributed by atoms with Gasteiger partial charge in [0.05, 0.1) is 4.92 Å². The Hall–Kier alpha value is -0.520. The summed E-state index contributed by atoms with van der Waals surface area (Å²) in [6, 6.07) is 0. The maximum absolute atomic E-state index is 11.3. The maximum Gasteiger partial charge on any atom is 0.281 e. The van der Waals surface area contributed by atoms with Crippen molar-refractivity contribution in [2.45, 2.75) is 31.1 Å². The van der Waals surface area contributed by atoms with Crippen molar-refractivity contribution >= 4 is 32.7 Å². The molecule has 7 nitrogen and oxygen atoms in total. The molecular formula is C10H13INO6S-. The van der Waals surface area contributed by atoms with Crippen LogP contribution in [0.5, 0.6) is 0 Å². The minimum atomic E-state index is -4.82. The second-order valence-electron chi connectivity index (χ2n) is 4.36. The third-order valence-electron chi connectivity index (χ3n) is 3.31. The van der Waals surface area contributed by atoms with E-state index in [4.69, 9.17) is 0 Å². The van der Waals surface area contributed by atoms with Gasteiger partial charge in [0.25, 0.3) is 5.70 Å². The molecule has 0 saturated heterocycles. The lowest BCUT2D eigenvalue weighted by Crippen LogP contribution is -2.52. The topological polar surface area (TPSA) is 121 Å². The zero-order chi connectivity index (χ0) is 15.0. The Morgan fingerprint density at radius 3 is 2.53 bits per heavy atom. The molecule has 0 fully saturated rings. The molecule has 0 spiro atoms. The molecule has 0 aromatic rings. The third kappa shape index (κ3) is 2.83. The summed E-state index contributed by atoms with van der Waals surface area (Å²) in [6.07, 6.45) is 2.22. The Morgan fingerprint density at radius 1 is 1.63 bits per heavy atom. The van der Waals surface area contributed by atoms with Crippen LogP contribution in [0.1, 0.15) is 20.3 Å². The van der Waals surface area contributed by atoms with Crippen LogP contribution in [-0.2, 0) is 10.1 Å². The van der Waals surface area contributed by atoms with Crippen LogP contribution in [0.25, 0.3) is 0 Å². The van der Waals surface area contributed by atoms with E-state index in [-0.39, 0.29) is 9.28 Å². The zero-order valence-electron chi connectivity index (χ0n) is 10.2. The molecule has 0 aromatic heterocycles. The van der Waals surface area contributed by atoms with Gasteiger partial charge in [-0.15, -0.1) is 0 Å². The van der Waals surface area contributed by atoms with Crippen LogP contribution in [0, 0.1) is 16.0 Å². The van der Waals surface area contributed by atoms with Gasteiger partial charge < -0.3 is 9.66 Å². The van der Waals surface area contributed by atoms with E-state index in [9.17, 15) is 28.2 Å². The van der Waals surface area contributed by atoms with Crippen LogP contribution in [0.15, 0.2) is 21.4 Å². The van der Waals surface area contributed by atoms with Gasteiger partial charge in [0.15, 0.2) is 0 Å². The van der Waals surface area contributed by atoms with E-state index in [0.717, 1.165) is 12.2 Å². The van der Waals surface area contributed by atoms with Gasteiger partial charge >= 0.3 is 0 Å². The van der Waals surface area contributed by atoms with Gasteiger partial charge in [0, 0.05) is 6.08 Å². The molecule has 1 aliphatic rings. The van der Waals surface area contributed by atoms with Crippen LogP contribution >= 0.6 is 22.6 Å². The van der Waals surface area contributed by atoms with Crippen molar-refractivity contribution in [1.29, 1.82) is 0 Å². The largest absolute Gasteiger partial charge is 0.747 e. The normalized spacial score (nSPS) is 29.4. The first kappa shape index (κ1) is 16.5. The van der Waals surface area contributed by atoms with E-state index in [2.05, 4.69) is 0 Å². The molecule has 0 saturated carbocycles. The van der Waals surface area contributed by atoms with Gasteiger partial charge in [0.2, 0.25) is 0 Å². The number of nitro groups is 1. The maximum atomic E-state index is 11.3.